The predicted octanol–water partition coefficient (Wildman–Crippen LogP) is 1.96. The highest BCUT2D eigenvalue weighted by Crippen LogP contribution is 2.30. The quantitative estimate of drug-likeness (QED) is 0.825. The molecular formula is C9H6F5NO3. The zero-order valence-corrected chi connectivity index (χ0v) is 8.52. The van der Waals surface area contributed by atoms with Crippen LogP contribution >= 0.6 is 0 Å². The summed E-state index contributed by atoms with van der Waals surface area (Å²) in [6.07, 6.45) is -9.36. The van der Waals surface area contributed by atoms with Crippen molar-refractivity contribution in [3.05, 3.63) is 33.2 Å². The van der Waals surface area contributed by atoms with Gasteiger partial charge in [-0.3, -0.25) is 9.59 Å². The Balaban J connectivity index is 3.52. The van der Waals surface area contributed by atoms with Crippen LogP contribution < -0.4 is 5.43 Å². The van der Waals surface area contributed by atoms with Gasteiger partial charge in [0.2, 0.25) is 0 Å². The maximum absolute atomic E-state index is 12.5. The first kappa shape index (κ1) is 14.1. The van der Waals surface area contributed by atoms with Crippen molar-refractivity contribution in [1.29, 1.82) is 0 Å². The van der Waals surface area contributed by atoms with Crippen LogP contribution in [-0.4, -0.2) is 16.1 Å². The monoisotopic (exact) mass is 271 g/mol. The fourth-order valence-electron chi connectivity index (χ4n) is 1.33. The second-order valence-electron chi connectivity index (χ2n) is 3.30. The van der Waals surface area contributed by atoms with Crippen LogP contribution in [-0.2, 0) is 17.4 Å². The minimum absolute atomic E-state index is 0.237. The van der Waals surface area contributed by atoms with Crippen molar-refractivity contribution in [3.8, 4) is 0 Å². The fraction of sp³-hybridized carbons (Fsp3) is 0.333. The van der Waals surface area contributed by atoms with Crippen molar-refractivity contribution < 1.29 is 31.9 Å². The van der Waals surface area contributed by atoms with Crippen LogP contribution in [0.25, 0.3) is 0 Å². The highest BCUT2D eigenvalue weighted by atomic mass is 19.4. The van der Waals surface area contributed by atoms with E-state index in [0.717, 1.165) is 0 Å². The summed E-state index contributed by atoms with van der Waals surface area (Å²) in [7, 11) is 0. The van der Waals surface area contributed by atoms with Crippen LogP contribution in [0.3, 0.4) is 0 Å². The average Bonchev–Trinajstić information content (AvgIpc) is 2.17. The van der Waals surface area contributed by atoms with Crippen molar-refractivity contribution in [1.82, 2.24) is 4.98 Å². The number of carbonyl (C=O) groups is 1. The molecule has 0 aliphatic heterocycles. The fourth-order valence-corrected chi connectivity index (χ4v) is 1.33. The van der Waals surface area contributed by atoms with Crippen molar-refractivity contribution in [2.24, 2.45) is 0 Å². The van der Waals surface area contributed by atoms with E-state index in [1.54, 1.807) is 0 Å². The van der Waals surface area contributed by atoms with E-state index in [4.69, 9.17) is 5.11 Å². The summed E-state index contributed by atoms with van der Waals surface area (Å²) in [5.74, 6) is -1.72. The maximum Gasteiger partial charge on any atom is 0.431 e. The van der Waals surface area contributed by atoms with Gasteiger partial charge in [-0.05, 0) is 0 Å². The van der Waals surface area contributed by atoms with E-state index in [2.05, 4.69) is 0 Å². The normalized spacial score (nSPS) is 11.9. The van der Waals surface area contributed by atoms with Gasteiger partial charge in [-0.1, -0.05) is 0 Å². The van der Waals surface area contributed by atoms with E-state index in [-0.39, 0.29) is 6.20 Å². The maximum atomic E-state index is 12.5. The van der Waals surface area contributed by atoms with Gasteiger partial charge in [0, 0.05) is 11.8 Å². The molecule has 2 N–H and O–H groups in total. The van der Waals surface area contributed by atoms with Crippen molar-refractivity contribution in [2.45, 2.75) is 19.0 Å². The van der Waals surface area contributed by atoms with Crippen molar-refractivity contribution in [3.63, 3.8) is 0 Å². The summed E-state index contributed by atoms with van der Waals surface area (Å²) in [5, 5.41) is 8.40. The lowest BCUT2D eigenvalue weighted by atomic mass is 10.1. The Bertz CT molecular complexity index is 520. The highest BCUT2D eigenvalue weighted by Gasteiger charge is 2.37. The van der Waals surface area contributed by atoms with Gasteiger partial charge in [0.15, 0.2) is 5.43 Å². The first-order chi connectivity index (χ1) is 8.14. The predicted molar refractivity (Wildman–Crippen MR) is 48.4 cm³/mol. The number of aromatic nitrogens is 1. The molecule has 4 nitrogen and oxygen atoms in total. The molecule has 0 amide bonds. The molecule has 0 bridgehead atoms. The van der Waals surface area contributed by atoms with E-state index in [9.17, 15) is 31.5 Å². The second-order valence-corrected chi connectivity index (χ2v) is 3.30. The van der Waals surface area contributed by atoms with Crippen LogP contribution in [0.5, 0.6) is 0 Å². The van der Waals surface area contributed by atoms with E-state index in [0.29, 0.717) is 0 Å². The lowest BCUT2D eigenvalue weighted by molar-refractivity contribution is -0.142. The molecule has 0 atom stereocenters. The lowest BCUT2D eigenvalue weighted by Gasteiger charge is -2.12. The lowest BCUT2D eigenvalue weighted by Crippen LogP contribution is -2.25. The van der Waals surface area contributed by atoms with Crippen molar-refractivity contribution >= 4 is 5.97 Å². The largest absolute Gasteiger partial charge is 0.481 e. The van der Waals surface area contributed by atoms with Crippen LogP contribution in [0.2, 0.25) is 0 Å². The van der Waals surface area contributed by atoms with Crippen LogP contribution in [0, 0.1) is 0 Å². The number of rotatable bonds is 3. The minimum atomic E-state index is -5.02. The standard InChI is InChI=1S/C9H6F5NO3/c10-8(11)4-2-15-7(9(12,13)14)3(6(4)18)1-5(16)17/h2,8H,1H2,(H,15,18)(H,16,17). The van der Waals surface area contributed by atoms with Crippen LogP contribution in [0.1, 0.15) is 23.2 Å². The van der Waals surface area contributed by atoms with Crippen LogP contribution in [0.4, 0.5) is 22.0 Å². The molecule has 1 heterocycles. The molecular weight excluding hydrogens is 265 g/mol. The molecule has 0 aromatic carbocycles. The van der Waals surface area contributed by atoms with E-state index in [1.165, 1.54) is 4.98 Å². The molecule has 100 valence electrons. The molecule has 18 heavy (non-hydrogen) atoms. The number of carboxylic acid groups (broad SMARTS) is 1. The number of hydrogen-bond donors (Lipinski definition) is 2. The molecule has 0 fully saturated rings. The van der Waals surface area contributed by atoms with Gasteiger partial charge in [-0.15, -0.1) is 0 Å². The molecule has 0 aliphatic rings. The smallest absolute Gasteiger partial charge is 0.431 e. The molecule has 1 aromatic rings. The third-order valence-electron chi connectivity index (χ3n) is 2.06. The van der Waals surface area contributed by atoms with Gasteiger partial charge >= 0.3 is 12.1 Å². The Hall–Kier alpha value is -1.93. The summed E-state index contributed by atoms with van der Waals surface area (Å²) in [4.78, 5) is 23.2. The third kappa shape index (κ3) is 2.84. The molecule has 0 radical (unpaired) electrons. The summed E-state index contributed by atoms with van der Waals surface area (Å²) in [5.41, 5.74) is -5.66. The Labute approximate surface area is 96.1 Å². The topological polar surface area (TPSA) is 70.2 Å². The molecule has 0 saturated carbocycles. The summed E-state index contributed by atoms with van der Waals surface area (Å²) < 4.78 is 62.0. The Morgan fingerprint density at radius 1 is 1.39 bits per heavy atom. The number of carboxylic acids is 1. The van der Waals surface area contributed by atoms with Gasteiger partial charge in [-0.2, -0.15) is 13.2 Å². The zero-order chi connectivity index (χ0) is 14.1. The van der Waals surface area contributed by atoms with Gasteiger partial charge in [-0.25, -0.2) is 8.78 Å². The highest BCUT2D eigenvalue weighted by molar-refractivity contribution is 5.70. The van der Waals surface area contributed by atoms with Crippen molar-refractivity contribution in [2.75, 3.05) is 0 Å². The molecule has 0 unspecified atom stereocenters. The summed E-state index contributed by atoms with van der Waals surface area (Å²) in [6, 6.07) is 0. The molecule has 0 saturated heterocycles. The molecule has 0 spiro atoms. The van der Waals surface area contributed by atoms with Gasteiger partial charge in [0.1, 0.15) is 5.69 Å². The van der Waals surface area contributed by atoms with E-state index in [1.807, 2.05) is 0 Å². The number of aromatic amines is 1. The number of nitrogens with one attached hydrogen (secondary N) is 1. The molecule has 1 aromatic heterocycles. The van der Waals surface area contributed by atoms with Gasteiger partial charge in [0.25, 0.3) is 6.43 Å². The van der Waals surface area contributed by atoms with E-state index < -0.39 is 47.2 Å². The Morgan fingerprint density at radius 3 is 2.33 bits per heavy atom. The van der Waals surface area contributed by atoms with Gasteiger partial charge < -0.3 is 10.1 Å². The number of hydrogen-bond acceptors (Lipinski definition) is 2. The number of aliphatic carboxylic acids is 1. The van der Waals surface area contributed by atoms with Crippen LogP contribution in [0.15, 0.2) is 11.0 Å². The summed E-state index contributed by atoms with van der Waals surface area (Å²) in [6.45, 7) is 0. The minimum Gasteiger partial charge on any atom is -0.481 e. The number of pyridine rings is 1. The molecule has 9 heteroatoms. The van der Waals surface area contributed by atoms with E-state index >= 15 is 0 Å². The van der Waals surface area contributed by atoms with Gasteiger partial charge in [0.05, 0.1) is 12.0 Å². The third-order valence-corrected chi connectivity index (χ3v) is 2.06. The number of H-pyrrole nitrogens is 1. The zero-order valence-electron chi connectivity index (χ0n) is 8.52. The SMILES string of the molecule is O=C(O)Cc1c(C(F)(F)F)[nH]cc(C(F)F)c1=O. The molecule has 0 aliphatic carbocycles. The first-order valence-corrected chi connectivity index (χ1v) is 4.46. The Kier molecular flexibility index (Phi) is 3.73. The number of alkyl halides is 5. The Morgan fingerprint density at radius 2 is 1.94 bits per heavy atom. The number of halogens is 5. The second kappa shape index (κ2) is 4.75. The summed E-state index contributed by atoms with van der Waals surface area (Å²) >= 11 is 0. The average molecular weight is 271 g/mol. The first-order valence-electron chi connectivity index (χ1n) is 4.46. The molecule has 1 rings (SSSR count).